The second-order valence-electron chi connectivity index (χ2n) is 2.74. The van der Waals surface area contributed by atoms with Crippen LogP contribution in [0.25, 0.3) is 0 Å². The van der Waals surface area contributed by atoms with Gasteiger partial charge in [0.1, 0.15) is 10.3 Å². The highest BCUT2D eigenvalue weighted by atomic mass is 79.9. The van der Waals surface area contributed by atoms with Crippen molar-refractivity contribution in [3.8, 4) is 0 Å². The molecule has 0 unspecified atom stereocenters. The van der Waals surface area contributed by atoms with E-state index in [1.54, 1.807) is 0 Å². The van der Waals surface area contributed by atoms with Crippen molar-refractivity contribution in [2.45, 2.75) is 6.18 Å². The molecule has 1 aromatic rings. The van der Waals surface area contributed by atoms with E-state index in [2.05, 4.69) is 20.9 Å². The number of hydrogen-bond donors (Lipinski definition) is 1. The number of allylic oxidation sites excluding steroid dienone is 2. The van der Waals surface area contributed by atoms with E-state index in [0.717, 1.165) is 0 Å². The first-order chi connectivity index (χ1) is 7.30. The lowest BCUT2D eigenvalue weighted by molar-refractivity contribution is -0.120. The smallest absolute Gasteiger partial charge is 0.448 e. The molecule has 0 saturated heterocycles. The topological polar surface area (TPSA) is 50.2 Å². The van der Waals surface area contributed by atoms with Crippen LogP contribution in [0.15, 0.2) is 34.6 Å². The maximum Gasteiger partial charge on any atom is 0.448 e. The molecular formula is C9H5BrF3NO2. The molecule has 1 N–H and O–H groups in total. The minimum Gasteiger partial charge on any atom is -0.504 e. The average molecular weight is 296 g/mol. The van der Waals surface area contributed by atoms with Crippen molar-refractivity contribution in [1.29, 1.82) is 0 Å². The fourth-order valence-electron chi connectivity index (χ4n) is 0.825. The standard InChI is InChI=1S/C9H5BrF3NO2/c10-8-3-1-2-5(14-8)6(15)4-7(16)9(11,12)13/h1-4,16H/b7-4-. The number of halogens is 4. The molecule has 0 spiro atoms. The van der Waals surface area contributed by atoms with E-state index in [1.807, 2.05) is 0 Å². The fraction of sp³-hybridized carbons (Fsp3) is 0.111. The monoisotopic (exact) mass is 295 g/mol. The van der Waals surface area contributed by atoms with Crippen molar-refractivity contribution in [1.82, 2.24) is 4.98 Å². The highest BCUT2D eigenvalue weighted by Crippen LogP contribution is 2.23. The molecule has 1 aromatic heterocycles. The quantitative estimate of drug-likeness (QED) is 0.395. The first-order valence-electron chi connectivity index (χ1n) is 3.95. The summed E-state index contributed by atoms with van der Waals surface area (Å²) in [4.78, 5) is 14.9. The van der Waals surface area contributed by atoms with Crippen LogP contribution in [0.3, 0.4) is 0 Å². The summed E-state index contributed by atoms with van der Waals surface area (Å²) in [7, 11) is 0. The van der Waals surface area contributed by atoms with E-state index in [4.69, 9.17) is 5.11 Å². The average Bonchev–Trinajstić information content (AvgIpc) is 2.16. The third-order valence-corrected chi connectivity index (χ3v) is 1.97. The number of carbonyl (C=O) groups excluding carboxylic acids is 1. The fourth-order valence-corrected chi connectivity index (χ4v) is 1.17. The summed E-state index contributed by atoms with van der Waals surface area (Å²) in [5.74, 6) is -2.96. The molecule has 0 fully saturated rings. The summed E-state index contributed by atoms with van der Waals surface area (Å²) < 4.78 is 36.0. The van der Waals surface area contributed by atoms with Gasteiger partial charge in [-0.05, 0) is 28.1 Å². The summed E-state index contributed by atoms with van der Waals surface area (Å²) >= 11 is 2.97. The Morgan fingerprint density at radius 1 is 1.44 bits per heavy atom. The van der Waals surface area contributed by atoms with E-state index >= 15 is 0 Å². The first-order valence-corrected chi connectivity index (χ1v) is 4.75. The van der Waals surface area contributed by atoms with Gasteiger partial charge in [-0.2, -0.15) is 13.2 Å². The van der Waals surface area contributed by atoms with Gasteiger partial charge < -0.3 is 5.11 Å². The highest BCUT2D eigenvalue weighted by molar-refractivity contribution is 9.10. The summed E-state index contributed by atoms with van der Waals surface area (Å²) in [6.45, 7) is 0. The molecule has 0 saturated carbocycles. The van der Waals surface area contributed by atoms with Gasteiger partial charge in [0.15, 0.2) is 0 Å². The third-order valence-electron chi connectivity index (χ3n) is 1.53. The number of aliphatic hydroxyl groups excluding tert-OH is 1. The molecule has 0 bridgehead atoms. The van der Waals surface area contributed by atoms with Crippen molar-refractivity contribution in [3.05, 3.63) is 40.3 Å². The van der Waals surface area contributed by atoms with Crippen LogP contribution in [-0.2, 0) is 0 Å². The first kappa shape index (κ1) is 12.7. The Morgan fingerprint density at radius 3 is 2.56 bits per heavy atom. The molecule has 1 rings (SSSR count). The van der Waals surface area contributed by atoms with Gasteiger partial charge >= 0.3 is 6.18 Å². The molecule has 0 radical (unpaired) electrons. The second-order valence-corrected chi connectivity index (χ2v) is 3.55. The molecule has 0 atom stereocenters. The normalized spacial score (nSPS) is 12.6. The van der Waals surface area contributed by atoms with Crippen LogP contribution in [0, 0.1) is 0 Å². The summed E-state index contributed by atoms with van der Waals surface area (Å²) in [6.07, 6.45) is -4.84. The largest absolute Gasteiger partial charge is 0.504 e. The molecule has 3 nitrogen and oxygen atoms in total. The van der Waals surface area contributed by atoms with Gasteiger partial charge in [-0.1, -0.05) is 6.07 Å². The maximum atomic E-state index is 11.9. The number of ketones is 1. The second kappa shape index (κ2) is 4.65. The third kappa shape index (κ3) is 3.34. The van der Waals surface area contributed by atoms with Gasteiger partial charge in [0, 0.05) is 6.08 Å². The zero-order valence-corrected chi connectivity index (χ0v) is 9.21. The number of nitrogens with zero attached hydrogens (tertiary/aromatic N) is 1. The van der Waals surface area contributed by atoms with E-state index in [9.17, 15) is 18.0 Å². The Labute approximate surface area is 96.7 Å². The molecule has 0 aliphatic rings. The van der Waals surface area contributed by atoms with Gasteiger partial charge in [0.25, 0.3) is 0 Å². The molecular weight excluding hydrogens is 291 g/mol. The maximum absolute atomic E-state index is 11.9. The van der Waals surface area contributed by atoms with Crippen molar-refractivity contribution >= 4 is 21.7 Å². The Hall–Kier alpha value is -1.37. The van der Waals surface area contributed by atoms with Gasteiger partial charge in [0.2, 0.25) is 11.5 Å². The molecule has 1 heterocycles. The predicted molar refractivity (Wildman–Crippen MR) is 53.0 cm³/mol. The van der Waals surface area contributed by atoms with Gasteiger partial charge in [0.05, 0.1) is 0 Å². The summed E-state index contributed by atoms with van der Waals surface area (Å²) in [5, 5.41) is 8.56. The van der Waals surface area contributed by atoms with Crippen molar-refractivity contribution in [2.75, 3.05) is 0 Å². The zero-order valence-electron chi connectivity index (χ0n) is 7.62. The van der Waals surface area contributed by atoms with Gasteiger partial charge in [-0.25, -0.2) is 4.98 Å². The number of hydrogen-bond acceptors (Lipinski definition) is 3. The van der Waals surface area contributed by atoms with Crippen LogP contribution in [0.2, 0.25) is 0 Å². The van der Waals surface area contributed by atoms with E-state index in [-0.39, 0.29) is 11.8 Å². The molecule has 16 heavy (non-hydrogen) atoms. The van der Waals surface area contributed by atoms with Crippen molar-refractivity contribution in [2.24, 2.45) is 0 Å². The zero-order chi connectivity index (χ0) is 12.3. The van der Waals surface area contributed by atoms with E-state index in [0.29, 0.717) is 4.60 Å². The van der Waals surface area contributed by atoms with E-state index in [1.165, 1.54) is 18.2 Å². The lowest BCUT2D eigenvalue weighted by Crippen LogP contribution is -2.13. The molecule has 0 aromatic carbocycles. The van der Waals surface area contributed by atoms with Crippen LogP contribution in [-0.4, -0.2) is 22.1 Å². The summed E-state index contributed by atoms with van der Waals surface area (Å²) in [5.41, 5.74) is -0.190. The lowest BCUT2D eigenvalue weighted by atomic mass is 10.2. The van der Waals surface area contributed by atoms with Gasteiger partial charge in [-0.3, -0.25) is 4.79 Å². The van der Waals surface area contributed by atoms with Gasteiger partial charge in [-0.15, -0.1) is 0 Å². The molecule has 0 aliphatic heterocycles. The summed E-state index contributed by atoms with van der Waals surface area (Å²) in [6, 6.07) is 4.21. The number of pyridine rings is 1. The van der Waals surface area contributed by atoms with Crippen LogP contribution >= 0.6 is 15.9 Å². The minimum atomic E-state index is -4.93. The van der Waals surface area contributed by atoms with Crippen molar-refractivity contribution < 1.29 is 23.1 Å². The Kier molecular flexibility index (Phi) is 3.69. The SMILES string of the molecule is O=C(/C=C(\O)C(F)(F)F)c1cccc(Br)n1. The van der Waals surface area contributed by atoms with Crippen LogP contribution in [0.1, 0.15) is 10.5 Å². The van der Waals surface area contributed by atoms with Crippen LogP contribution in [0.5, 0.6) is 0 Å². The molecule has 7 heteroatoms. The molecule has 86 valence electrons. The molecule has 0 aliphatic carbocycles. The van der Waals surface area contributed by atoms with Crippen molar-refractivity contribution in [3.63, 3.8) is 0 Å². The number of carbonyl (C=O) groups is 1. The Morgan fingerprint density at radius 2 is 2.06 bits per heavy atom. The van der Waals surface area contributed by atoms with Crippen LogP contribution in [0.4, 0.5) is 13.2 Å². The number of alkyl halides is 3. The predicted octanol–water partition coefficient (Wildman–Crippen LogP) is 3.03. The Bertz CT molecular complexity index is 443. The lowest BCUT2D eigenvalue weighted by Gasteiger charge is -2.03. The van der Waals surface area contributed by atoms with Crippen LogP contribution < -0.4 is 0 Å². The minimum absolute atomic E-state index is 0.0920. The number of aromatic nitrogens is 1. The molecule has 0 amide bonds. The number of rotatable bonds is 2. The number of aliphatic hydroxyl groups is 1. The Balaban J connectivity index is 2.97. The van der Waals surface area contributed by atoms with E-state index < -0.39 is 17.7 Å². The highest BCUT2D eigenvalue weighted by Gasteiger charge is 2.34.